The van der Waals surface area contributed by atoms with Crippen LogP contribution < -0.4 is 5.32 Å². The molecule has 0 radical (unpaired) electrons. The monoisotopic (exact) mass is 267 g/mol. The molecule has 2 heterocycles. The van der Waals surface area contributed by atoms with E-state index in [1.54, 1.807) is 0 Å². The maximum absolute atomic E-state index is 4.67. The average molecular weight is 267 g/mol. The van der Waals surface area contributed by atoms with Gasteiger partial charge < -0.3 is 9.88 Å². The summed E-state index contributed by atoms with van der Waals surface area (Å²) in [6.07, 6.45) is 8.15. The minimum Gasteiger partial charge on any atom is -0.307 e. The number of aromatic nitrogens is 2. The van der Waals surface area contributed by atoms with Gasteiger partial charge in [-0.15, -0.1) is 0 Å². The molecule has 3 atom stereocenters. The predicted octanol–water partition coefficient (Wildman–Crippen LogP) is 3.24. The number of benzene rings is 1. The fraction of sp³-hybridized carbons (Fsp3) is 0.471. The van der Waals surface area contributed by atoms with E-state index >= 15 is 0 Å². The molecule has 20 heavy (non-hydrogen) atoms. The van der Waals surface area contributed by atoms with Crippen molar-refractivity contribution in [3.05, 3.63) is 48.0 Å². The normalized spacial score (nSPS) is 28.8. The quantitative estimate of drug-likeness (QED) is 0.905. The number of rotatable bonds is 2. The summed E-state index contributed by atoms with van der Waals surface area (Å²) in [7, 11) is 0. The second-order valence-electron chi connectivity index (χ2n) is 6.24. The van der Waals surface area contributed by atoms with Crippen LogP contribution in [0.25, 0.3) is 5.69 Å². The topological polar surface area (TPSA) is 29.9 Å². The summed E-state index contributed by atoms with van der Waals surface area (Å²) in [5.41, 5.74) is 2.51. The molecule has 3 heteroatoms. The van der Waals surface area contributed by atoms with Gasteiger partial charge in [-0.25, -0.2) is 4.98 Å². The molecule has 0 amide bonds. The van der Waals surface area contributed by atoms with Crippen molar-refractivity contribution >= 4 is 0 Å². The fourth-order valence-electron chi connectivity index (χ4n) is 4.01. The van der Waals surface area contributed by atoms with Gasteiger partial charge in [-0.2, -0.15) is 0 Å². The summed E-state index contributed by atoms with van der Waals surface area (Å²) in [6, 6.07) is 9.08. The third kappa shape index (κ3) is 1.88. The molecule has 1 saturated carbocycles. The van der Waals surface area contributed by atoms with E-state index in [0.717, 1.165) is 18.4 Å². The molecule has 1 N–H and O–H groups in total. The first-order chi connectivity index (χ1) is 9.83. The Morgan fingerprint density at radius 2 is 2.25 bits per heavy atom. The van der Waals surface area contributed by atoms with Crippen LogP contribution in [0, 0.1) is 18.8 Å². The third-order valence-corrected chi connectivity index (χ3v) is 4.97. The molecule has 1 aliphatic carbocycles. The summed E-state index contributed by atoms with van der Waals surface area (Å²) in [5.74, 6) is 2.83. The maximum atomic E-state index is 4.67. The molecule has 0 spiro atoms. The highest BCUT2D eigenvalue weighted by molar-refractivity contribution is 5.37. The van der Waals surface area contributed by atoms with Crippen molar-refractivity contribution in [3.63, 3.8) is 0 Å². The molecular formula is C17H21N3. The zero-order valence-corrected chi connectivity index (χ0v) is 11.9. The van der Waals surface area contributed by atoms with Crippen LogP contribution in [-0.2, 0) is 0 Å². The van der Waals surface area contributed by atoms with Gasteiger partial charge in [0.15, 0.2) is 0 Å². The molecule has 0 bridgehead atoms. The van der Waals surface area contributed by atoms with Gasteiger partial charge in [-0.05, 0) is 55.8 Å². The molecule has 2 aliphatic rings. The number of fused-ring (bicyclic) bond motifs is 1. The SMILES string of the molecule is Cc1cccc(-n2ccnc2C2NCC3CCCC32)c1. The number of hydrogen-bond donors (Lipinski definition) is 1. The minimum atomic E-state index is 0.429. The van der Waals surface area contributed by atoms with E-state index in [9.17, 15) is 0 Å². The molecule has 104 valence electrons. The van der Waals surface area contributed by atoms with Crippen LogP contribution in [0.2, 0.25) is 0 Å². The van der Waals surface area contributed by atoms with Crippen LogP contribution in [0.3, 0.4) is 0 Å². The highest BCUT2D eigenvalue weighted by Gasteiger charge is 2.41. The lowest BCUT2D eigenvalue weighted by atomic mass is 9.93. The number of nitrogens with zero attached hydrogens (tertiary/aromatic N) is 2. The number of nitrogens with one attached hydrogen (secondary N) is 1. The summed E-state index contributed by atoms with van der Waals surface area (Å²) in [5, 5.41) is 3.70. The van der Waals surface area contributed by atoms with E-state index < -0.39 is 0 Å². The summed E-state index contributed by atoms with van der Waals surface area (Å²) >= 11 is 0. The minimum absolute atomic E-state index is 0.429. The first-order valence-electron chi connectivity index (χ1n) is 7.66. The van der Waals surface area contributed by atoms with Gasteiger partial charge in [0.1, 0.15) is 5.82 Å². The summed E-state index contributed by atoms with van der Waals surface area (Å²) < 4.78 is 2.26. The number of aryl methyl sites for hydroxylation is 1. The van der Waals surface area contributed by atoms with E-state index in [-0.39, 0.29) is 0 Å². The van der Waals surface area contributed by atoms with Crippen LogP contribution in [0.5, 0.6) is 0 Å². The van der Waals surface area contributed by atoms with Gasteiger partial charge in [0.2, 0.25) is 0 Å². The Labute approximate surface area is 120 Å². The Bertz CT molecular complexity index is 616. The second-order valence-corrected chi connectivity index (χ2v) is 6.24. The molecular weight excluding hydrogens is 246 g/mol. The largest absolute Gasteiger partial charge is 0.307 e. The van der Waals surface area contributed by atoms with Crippen LogP contribution in [0.15, 0.2) is 36.7 Å². The van der Waals surface area contributed by atoms with Gasteiger partial charge >= 0.3 is 0 Å². The van der Waals surface area contributed by atoms with E-state index in [0.29, 0.717) is 6.04 Å². The molecule has 1 aromatic carbocycles. The Morgan fingerprint density at radius 3 is 3.15 bits per heavy atom. The summed E-state index contributed by atoms with van der Waals surface area (Å²) in [6.45, 7) is 3.30. The molecule has 4 rings (SSSR count). The van der Waals surface area contributed by atoms with Crippen LogP contribution in [0.1, 0.15) is 36.7 Å². The Morgan fingerprint density at radius 1 is 1.30 bits per heavy atom. The fourth-order valence-corrected chi connectivity index (χ4v) is 4.01. The number of hydrogen-bond acceptors (Lipinski definition) is 2. The molecule has 2 aromatic rings. The number of imidazole rings is 1. The molecule has 3 unspecified atom stereocenters. The Balaban J connectivity index is 1.72. The molecule has 1 saturated heterocycles. The maximum Gasteiger partial charge on any atom is 0.130 e. The summed E-state index contributed by atoms with van der Waals surface area (Å²) in [4.78, 5) is 4.67. The van der Waals surface area contributed by atoms with Crippen LogP contribution >= 0.6 is 0 Å². The van der Waals surface area contributed by atoms with Crippen molar-refractivity contribution in [3.8, 4) is 5.69 Å². The van der Waals surface area contributed by atoms with Gasteiger partial charge in [0.25, 0.3) is 0 Å². The highest BCUT2D eigenvalue weighted by Crippen LogP contribution is 2.44. The predicted molar refractivity (Wildman–Crippen MR) is 79.9 cm³/mol. The van der Waals surface area contributed by atoms with Gasteiger partial charge in [-0.3, -0.25) is 0 Å². The lowest BCUT2D eigenvalue weighted by molar-refractivity contribution is 0.405. The average Bonchev–Trinajstić information content (AvgIpc) is 3.14. The highest BCUT2D eigenvalue weighted by atomic mass is 15.1. The Kier molecular flexibility index (Phi) is 2.88. The van der Waals surface area contributed by atoms with Gasteiger partial charge in [0.05, 0.1) is 6.04 Å². The molecule has 1 aromatic heterocycles. The van der Waals surface area contributed by atoms with E-state index in [1.165, 1.54) is 36.3 Å². The zero-order chi connectivity index (χ0) is 13.5. The van der Waals surface area contributed by atoms with Crippen molar-refractivity contribution in [1.29, 1.82) is 0 Å². The molecule has 2 fully saturated rings. The van der Waals surface area contributed by atoms with E-state index in [2.05, 4.69) is 52.3 Å². The molecule has 1 aliphatic heterocycles. The van der Waals surface area contributed by atoms with Gasteiger partial charge in [0, 0.05) is 18.1 Å². The standard InChI is InChI=1S/C17H21N3/c1-12-4-2-6-14(10-12)20-9-8-18-17(20)16-15-7-3-5-13(15)11-19-16/h2,4,6,8-10,13,15-16,19H,3,5,7,11H2,1H3. The van der Waals surface area contributed by atoms with Crippen LogP contribution in [0.4, 0.5) is 0 Å². The smallest absolute Gasteiger partial charge is 0.130 e. The lowest BCUT2D eigenvalue weighted by Gasteiger charge is -2.19. The Hall–Kier alpha value is -1.61. The van der Waals surface area contributed by atoms with Crippen molar-refractivity contribution in [1.82, 2.24) is 14.9 Å². The van der Waals surface area contributed by atoms with Crippen LogP contribution in [-0.4, -0.2) is 16.1 Å². The van der Waals surface area contributed by atoms with Gasteiger partial charge in [-0.1, -0.05) is 18.6 Å². The molecule has 3 nitrogen and oxygen atoms in total. The van der Waals surface area contributed by atoms with Crippen molar-refractivity contribution in [2.75, 3.05) is 6.54 Å². The lowest BCUT2D eigenvalue weighted by Crippen LogP contribution is -2.21. The van der Waals surface area contributed by atoms with Crippen molar-refractivity contribution < 1.29 is 0 Å². The first-order valence-corrected chi connectivity index (χ1v) is 7.66. The van der Waals surface area contributed by atoms with E-state index in [4.69, 9.17) is 0 Å². The van der Waals surface area contributed by atoms with Crippen molar-refractivity contribution in [2.24, 2.45) is 11.8 Å². The van der Waals surface area contributed by atoms with Crippen molar-refractivity contribution in [2.45, 2.75) is 32.2 Å². The third-order valence-electron chi connectivity index (χ3n) is 4.97. The second kappa shape index (κ2) is 4.74. The van der Waals surface area contributed by atoms with E-state index in [1.807, 2.05) is 6.20 Å². The zero-order valence-electron chi connectivity index (χ0n) is 11.9. The first kappa shape index (κ1) is 12.2.